The zero-order chi connectivity index (χ0) is 6.85. The second-order valence-electron chi connectivity index (χ2n) is 1.78. The summed E-state index contributed by atoms with van der Waals surface area (Å²) in [5.41, 5.74) is 0.965. The van der Waals surface area contributed by atoms with E-state index in [2.05, 4.69) is 29.5 Å². The van der Waals surface area contributed by atoms with Gasteiger partial charge in [0.2, 0.25) is 0 Å². The SMILES string of the molecule is [CH2]c1cc(Cl)cc(I)c1. The normalized spacial score (nSPS) is 9.67. The summed E-state index contributed by atoms with van der Waals surface area (Å²) in [5, 5.41) is 0.756. The van der Waals surface area contributed by atoms with Gasteiger partial charge >= 0.3 is 0 Å². The van der Waals surface area contributed by atoms with Gasteiger partial charge in [-0.05, 0) is 53.3 Å². The van der Waals surface area contributed by atoms with Gasteiger partial charge in [-0.15, -0.1) is 0 Å². The smallest absolute Gasteiger partial charge is 0.0419 e. The van der Waals surface area contributed by atoms with Crippen LogP contribution >= 0.6 is 34.2 Å². The van der Waals surface area contributed by atoms with E-state index in [1.165, 1.54) is 0 Å². The van der Waals surface area contributed by atoms with Gasteiger partial charge in [0.05, 0.1) is 0 Å². The van der Waals surface area contributed by atoms with Gasteiger partial charge in [-0.25, -0.2) is 0 Å². The van der Waals surface area contributed by atoms with E-state index in [0.29, 0.717) is 0 Å². The van der Waals surface area contributed by atoms with E-state index >= 15 is 0 Å². The van der Waals surface area contributed by atoms with Crippen molar-refractivity contribution in [1.29, 1.82) is 0 Å². The first kappa shape index (κ1) is 7.35. The molecule has 47 valence electrons. The summed E-state index contributed by atoms with van der Waals surface area (Å²) < 4.78 is 1.13. The molecule has 9 heavy (non-hydrogen) atoms. The fourth-order valence-electron chi connectivity index (χ4n) is 0.611. The van der Waals surface area contributed by atoms with Gasteiger partial charge in [0.25, 0.3) is 0 Å². The molecule has 0 heterocycles. The van der Waals surface area contributed by atoms with Crippen LogP contribution in [0.25, 0.3) is 0 Å². The van der Waals surface area contributed by atoms with Crippen molar-refractivity contribution >= 4 is 34.2 Å². The Bertz CT molecular complexity index is 170. The predicted octanol–water partition coefficient (Wildman–Crippen LogP) is 3.13. The standard InChI is InChI=1S/C7H5ClI/c1-5-2-6(8)4-7(9)3-5/h2-4H,1H2. The molecule has 0 atom stereocenters. The maximum atomic E-state index is 5.71. The van der Waals surface area contributed by atoms with Crippen molar-refractivity contribution in [2.45, 2.75) is 0 Å². The molecule has 0 aliphatic carbocycles. The molecule has 0 fully saturated rings. The first-order valence-corrected chi connectivity index (χ1v) is 3.92. The van der Waals surface area contributed by atoms with Crippen molar-refractivity contribution in [1.82, 2.24) is 0 Å². The van der Waals surface area contributed by atoms with Crippen LogP contribution in [-0.2, 0) is 0 Å². The van der Waals surface area contributed by atoms with Crippen LogP contribution in [0.3, 0.4) is 0 Å². The molecule has 1 rings (SSSR count). The largest absolute Gasteiger partial charge is 0.0843 e. The van der Waals surface area contributed by atoms with Crippen LogP contribution in [0, 0.1) is 10.5 Å². The van der Waals surface area contributed by atoms with Gasteiger partial charge < -0.3 is 0 Å². The first-order valence-electron chi connectivity index (χ1n) is 2.46. The Kier molecular flexibility index (Phi) is 2.35. The van der Waals surface area contributed by atoms with Gasteiger partial charge in [-0.2, -0.15) is 0 Å². The maximum absolute atomic E-state index is 5.71. The van der Waals surface area contributed by atoms with Crippen LogP contribution in [0.1, 0.15) is 5.56 Å². The molecule has 0 aliphatic rings. The van der Waals surface area contributed by atoms with E-state index in [-0.39, 0.29) is 0 Å². The molecule has 2 heteroatoms. The highest BCUT2D eigenvalue weighted by atomic mass is 127. The van der Waals surface area contributed by atoms with Crippen LogP contribution in [0.4, 0.5) is 0 Å². The lowest BCUT2D eigenvalue weighted by atomic mass is 10.2. The lowest BCUT2D eigenvalue weighted by Crippen LogP contribution is -1.74. The third-order valence-electron chi connectivity index (χ3n) is 0.922. The third-order valence-corrected chi connectivity index (χ3v) is 1.76. The van der Waals surface area contributed by atoms with Crippen LogP contribution in [0.2, 0.25) is 5.02 Å². The summed E-state index contributed by atoms with van der Waals surface area (Å²) in [7, 11) is 0. The van der Waals surface area contributed by atoms with E-state index in [9.17, 15) is 0 Å². The van der Waals surface area contributed by atoms with Crippen molar-refractivity contribution in [2.24, 2.45) is 0 Å². The molecule has 0 unspecified atom stereocenters. The number of benzene rings is 1. The van der Waals surface area contributed by atoms with Gasteiger partial charge in [-0.1, -0.05) is 11.6 Å². The highest BCUT2D eigenvalue weighted by Gasteiger charge is 1.90. The predicted molar refractivity (Wildman–Crippen MR) is 48.6 cm³/mol. The molecule has 0 nitrogen and oxygen atoms in total. The summed E-state index contributed by atoms with van der Waals surface area (Å²) in [6.07, 6.45) is 0. The fraction of sp³-hybridized carbons (Fsp3) is 0. The number of rotatable bonds is 0. The molecule has 0 bridgehead atoms. The average Bonchev–Trinajstić information content (AvgIpc) is 1.59. The van der Waals surface area contributed by atoms with E-state index in [4.69, 9.17) is 11.6 Å². The molecule has 0 N–H and O–H groups in total. The van der Waals surface area contributed by atoms with Crippen molar-refractivity contribution in [3.05, 3.63) is 39.3 Å². The van der Waals surface area contributed by atoms with Gasteiger partial charge in [0, 0.05) is 8.59 Å². The van der Waals surface area contributed by atoms with E-state index in [1.54, 1.807) is 0 Å². The second-order valence-corrected chi connectivity index (χ2v) is 3.46. The third kappa shape index (κ3) is 2.14. The van der Waals surface area contributed by atoms with Gasteiger partial charge in [0.1, 0.15) is 0 Å². The van der Waals surface area contributed by atoms with Crippen molar-refractivity contribution < 1.29 is 0 Å². The van der Waals surface area contributed by atoms with E-state index < -0.39 is 0 Å². The quantitative estimate of drug-likeness (QED) is 0.622. The Hall–Kier alpha value is 0.240. The minimum Gasteiger partial charge on any atom is -0.0843 e. The van der Waals surface area contributed by atoms with Crippen LogP contribution < -0.4 is 0 Å². The zero-order valence-corrected chi connectivity index (χ0v) is 7.61. The highest BCUT2D eigenvalue weighted by molar-refractivity contribution is 14.1. The minimum absolute atomic E-state index is 0.756. The van der Waals surface area contributed by atoms with Crippen molar-refractivity contribution in [3.63, 3.8) is 0 Å². The monoisotopic (exact) mass is 251 g/mol. The molecule has 0 spiro atoms. The number of hydrogen-bond acceptors (Lipinski definition) is 0. The van der Waals surface area contributed by atoms with Crippen LogP contribution in [-0.4, -0.2) is 0 Å². The highest BCUT2D eigenvalue weighted by Crippen LogP contribution is 2.15. The number of halogens is 2. The van der Waals surface area contributed by atoms with Crippen LogP contribution in [0.5, 0.6) is 0 Å². The Balaban J connectivity index is 3.17. The summed E-state index contributed by atoms with van der Waals surface area (Å²) in [6, 6.07) is 5.72. The average molecular weight is 251 g/mol. The minimum atomic E-state index is 0.756. The molecule has 0 aliphatic heterocycles. The second kappa shape index (κ2) is 2.88. The summed E-state index contributed by atoms with van der Waals surface area (Å²) >= 11 is 7.91. The zero-order valence-electron chi connectivity index (χ0n) is 4.70. The fourth-order valence-corrected chi connectivity index (χ4v) is 1.79. The lowest BCUT2D eigenvalue weighted by molar-refractivity contribution is 1.57. The molecule has 1 radical (unpaired) electrons. The molecular weight excluding hydrogens is 246 g/mol. The molecule has 0 amide bonds. The molecule has 0 saturated heterocycles. The first-order chi connectivity index (χ1) is 4.18. The van der Waals surface area contributed by atoms with Gasteiger partial charge in [0.15, 0.2) is 0 Å². The summed E-state index contributed by atoms with van der Waals surface area (Å²) in [4.78, 5) is 0. The molecule has 0 aromatic heterocycles. The topological polar surface area (TPSA) is 0 Å². The Morgan fingerprint density at radius 1 is 1.33 bits per heavy atom. The summed E-state index contributed by atoms with van der Waals surface area (Å²) in [6.45, 7) is 3.75. The number of hydrogen-bond donors (Lipinski definition) is 0. The Labute approximate surface area is 73.4 Å². The van der Waals surface area contributed by atoms with E-state index in [0.717, 1.165) is 14.2 Å². The van der Waals surface area contributed by atoms with Gasteiger partial charge in [-0.3, -0.25) is 0 Å². The van der Waals surface area contributed by atoms with E-state index in [1.807, 2.05) is 18.2 Å². The lowest BCUT2D eigenvalue weighted by Gasteiger charge is -1.93. The maximum Gasteiger partial charge on any atom is 0.0419 e. The van der Waals surface area contributed by atoms with Crippen molar-refractivity contribution in [3.8, 4) is 0 Å². The van der Waals surface area contributed by atoms with Crippen LogP contribution in [0.15, 0.2) is 18.2 Å². The Morgan fingerprint density at radius 2 is 2.00 bits per heavy atom. The molecule has 1 aromatic rings. The molecular formula is C7H5ClI. The summed E-state index contributed by atoms with van der Waals surface area (Å²) in [5.74, 6) is 0. The van der Waals surface area contributed by atoms with Crippen molar-refractivity contribution in [2.75, 3.05) is 0 Å². The Morgan fingerprint density at radius 3 is 2.44 bits per heavy atom. The molecule has 1 aromatic carbocycles. The molecule has 0 saturated carbocycles.